The molecule has 0 bridgehead atoms. The van der Waals surface area contributed by atoms with Crippen LogP contribution in [0.25, 0.3) is 0 Å². The zero-order valence-corrected chi connectivity index (χ0v) is 8.95. The Bertz CT molecular complexity index is 258. The minimum Gasteiger partial charge on any atom is -0.394 e. The summed E-state index contributed by atoms with van der Waals surface area (Å²) in [4.78, 5) is 6.46. The molecule has 14 heavy (non-hydrogen) atoms. The van der Waals surface area contributed by atoms with E-state index in [0.29, 0.717) is 13.1 Å². The topological polar surface area (TPSA) is 61.8 Å². The molecule has 1 rings (SSSR count). The van der Waals surface area contributed by atoms with Crippen molar-refractivity contribution in [1.82, 2.24) is 4.90 Å². The van der Waals surface area contributed by atoms with Crippen molar-refractivity contribution in [3.63, 3.8) is 0 Å². The molecule has 0 unspecified atom stereocenters. The summed E-state index contributed by atoms with van der Waals surface area (Å²) >= 11 is 0. The van der Waals surface area contributed by atoms with Gasteiger partial charge in [-0.25, -0.2) is 0 Å². The van der Waals surface area contributed by atoms with E-state index in [1.807, 2.05) is 7.05 Å². The fourth-order valence-corrected chi connectivity index (χ4v) is 1.80. The van der Waals surface area contributed by atoms with Gasteiger partial charge in [-0.05, 0) is 12.5 Å². The summed E-state index contributed by atoms with van der Waals surface area (Å²) in [7, 11) is 2.03. The third-order valence-electron chi connectivity index (χ3n) is 2.47. The Morgan fingerprint density at radius 2 is 2.29 bits per heavy atom. The van der Waals surface area contributed by atoms with E-state index >= 15 is 0 Å². The minimum atomic E-state index is 0.125. The highest BCUT2D eigenvalue weighted by atomic mass is 16.3. The highest BCUT2D eigenvalue weighted by Gasteiger charge is 2.16. The van der Waals surface area contributed by atoms with Crippen molar-refractivity contribution < 1.29 is 5.11 Å². The average molecular weight is 197 g/mol. The molecule has 1 heterocycles. The van der Waals surface area contributed by atoms with Gasteiger partial charge in [-0.1, -0.05) is 0 Å². The number of nitrogens with two attached hydrogens (primary N) is 1. The smallest absolute Gasteiger partial charge is 0.0626 e. The van der Waals surface area contributed by atoms with Crippen molar-refractivity contribution in [3.05, 3.63) is 11.3 Å². The van der Waals surface area contributed by atoms with Crippen molar-refractivity contribution in [2.24, 2.45) is 10.7 Å². The summed E-state index contributed by atoms with van der Waals surface area (Å²) < 4.78 is 0. The number of likely N-dealkylation sites (N-methyl/N-ethyl adjacent to an activating group) is 1. The maximum Gasteiger partial charge on any atom is 0.0626 e. The molecule has 0 saturated carbocycles. The van der Waals surface area contributed by atoms with E-state index in [1.54, 1.807) is 0 Å². The van der Waals surface area contributed by atoms with Crippen LogP contribution in [0.4, 0.5) is 0 Å². The Kier molecular flexibility index (Phi) is 4.10. The van der Waals surface area contributed by atoms with Crippen molar-refractivity contribution in [1.29, 1.82) is 0 Å². The lowest BCUT2D eigenvalue weighted by Gasteiger charge is -2.29. The minimum absolute atomic E-state index is 0.125. The molecule has 0 atom stereocenters. The first-order valence-corrected chi connectivity index (χ1v) is 4.92. The fraction of sp³-hybridized carbons (Fsp3) is 0.700. The number of nitrogens with zero attached hydrogens (tertiary/aromatic N) is 2. The number of rotatable bonds is 3. The van der Waals surface area contributed by atoms with Crippen LogP contribution in [0.3, 0.4) is 0 Å². The lowest BCUT2D eigenvalue weighted by atomic mass is 10.0. The monoisotopic (exact) mass is 197 g/mol. The van der Waals surface area contributed by atoms with Gasteiger partial charge in [0.2, 0.25) is 0 Å². The van der Waals surface area contributed by atoms with E-state index in [0.717, 1.165) is 18.7 Å². The summed E-state index contributed by atoms with van der Waals surface area (Å²) in [6.45, 7) is 4.15. The molecular weight excluding hydrogens is 178 g/mol. The van der Waals surface area contributed by atoms with Gasteiger partial charge in [0, 0.05) is 31.4 Å². The zero-order valence-electron chi connectivity index (χ0n) is 8.95. The van der Waals surface area contributed by atoms with Crippen LogP contribution in [-0.2, 0) is 0 Å². The van der Waals surface area contributed by atoms with Gasteiger partial charge in [0.05, 0.1) is 19.7 Å². The molecule has 1 aliphatic rings. The van der Waals surface area contributed by atoms with Crippen LogP contribution >= 0.6 is 0 Å². The number of allylic oxidation sites excluding steroid dienone is 1. The van der Waals surface area contributed by atoms with Gasteiger partial charge in [0.25, 0.3) is 0 Å². The SMILES string of the molecule is CC1=C(CN)N(C)CC(=NCCO)C1. The molecule has 0 amide bonds. The van der Waals surface area contributed by atoms with Gasteiger partial charge in [0.15, 0.2) is 0 Å². The maximum absolute atomic E-state index is 8.67. The summed E-state index contributed by atoms with van der Waals surface area (Å²) in [5.74, 6) is 0. The predicted octanol–water partition coefficient (Wildman–Crippen LogP) is -0.0121. The quantitative estimate of drug-likeness (QED) is 0.669. The normalized spacial score (nSPS) is 20.9. The van der Waals surface area contributed by atoms with Crippen LogP contribution in [0.2, 0.25) is 0 Å². The Labute approximate surface area is 85.1 Å². The Balaban J connectivity index is 2.72. The molecule has 80 valence electrons. The van der Waals surface area contributed by atoms with Crippen LogP contribution in [0.1, 0.15) is 13.3 Å². The lowest BCUT2D eigenvalue weighted by molar-refractivity contribution is 0.306. The molecule has 3 N–H and O–H groups in total. The molecule has 0 aliphatic carbocycles. The number of hydrogen-bond acceptors (Lipinski definition) is 4. The fourth-order valence-electron chi connectivity index (χ4n) is 1.80. The van der Waals surface area contributed by atoms with E-state index < -0.39 is 0 Å². The van der Waals surface area contributed by atoms with E-state index in [9.17, 15) is 0 Å². The first-order valence-electron chi connectivity index (χ1n) is 4.92. The van der Waals surface area contributed by atoms with E-state index in [2.05, 4.69) is 16.8 Å². The van der Waals surface area contributed by atoms with Crippen LogP contribution in [0.15, 0.2) is 16.3 Å². The number of hydrogen-bond donors (Lipinski definition) is 2. The van der Waals surface area contributed by atoms with Crippen molar-refractivity contribution in [2.75, 3.05) is 33.3 Å². The molecule has 0 aromatic carbocycles. The van der Waals surface area contributed by atoms with Gasteiger partial charge in [-0.2, -0.15) is 0 Å². The summed E-state index contributed by atoms with van der Waals surface area (Å²) in [5, 5.41) is 8.67. The van der Waals surface area contributed by atoms with Crippen molar-refractivity contribution >= 4 is 5.71 Å². The number of aliphatic hydroxyl groups is 1. The Morgan fingerprint density at radius 3 is 2.79 bits per heavy atom. The van der Waals surface area contributed by atoms with Gasteiger partial charge < -0.3 is 15.7 Å². The van der Waals surface area contributed by atoms with Crippen LogP contribution in [0.5, 0.6) is 0 Å². The number of aliphatic hydroxyl groups excluding tert-OH is 1. The van der Waals surface area contributed by atoms with Gasteiger partial charge in [-0.3, -0.25) is 4.99 Å². The molecule has 0 radical (unpaired) electrons. The largest absolute Gasteiger partial charge is 0.394 e. The van der Waals surface area contributed by atoms with Gasteiger partial charge in [0.1, 0.15) is 0 Å². The van der Waals surface area contributed by atoms with E-state index in [1.165, 1.54) is 11.3 Å². The molecule has 0 saturated heterocycles. The molecule has 4 heteroatoms. The molecule has 0 aromatic heterocycles. The van der Waals surface area contributed by atoms with Crippen LogP contribution in [0, 0.1) is 0 Å². The highest BCUT2D eigenvalue weighted by Crippen LogP contribution is 2.17. The molecule has 0 fully saturated rings. The van der Waals surface area contributed by atoms with E-state index in [4.69, 9.17) is 10.8 Å². The molecule has 0 spiro atoms. The molecule has 1 aliphatic heterocycles. The number of aliphatic imine (C=N–C) groups is 1. The standard InChI is InChI=1S/C10H19N3O/c1-8-5-9(12-3-4-14)7-13(2)10(8)6-11/h14H,3-7,11H2,1-2H3. The zero-order chi connectivity index (χ0) is 10.6. The maximum atomic E-state index is 8.67. The second-order valence-electron chi connectivity index (χ2n) is 3.64. The average Bonchev–Trinajstić information content (AvgIpc) is 2.14. The molecule has 0 aromatic rings. The van der Waals surface area contributed by atoms with Crippen molar-refractivity contribution in [2.45, 2.75) is 13.3 Å². The Hall–Kier alpha value is -0.870. The first-order chi connectivity index (χ1) is 6.69. The lowest BCUT2D eigenvalue weighted by Crippen LogP contribution is -2.34. The summed E-state index contributed by atoms with van der Waals surface area (Å²) in [6.07, 6.45) is 0.900. The predicted molar refractivity (Wildman–Crippen MR) is 58.4 cm³/mol. The molecule has 4 nitrogen and oxygen atoms in total. The summed E-state index contributed by atoms with van der Waals surface area (Å²) in [5.41, 5.74) is 9.29. The molecular formula is C10H19N3O. The highest BCUT2D eigenvalue weighted by molar-refractivity contribution is 5.89. The van der Waals surface area contributed by atoms with Crippen LogP contribution < -0.4 is 5.73 Å². The Morgan fingerprint density at radius 1 is 1.57 bits per heavy atom. The van der Waals surface area contributed by atoms with Crippen molar-refractivity contribution in [3.8, 4) is 0 Å². The van der Waals surface area contributed by atoms with Crippen LogP contribution in [-0.4, -0.2) is 49.0 Å². The second kappa shape index (κ2) is 5.12. The summed E-state index contributed by atoms with van der Waals surface area (Å²) in [6, 6.07) is 0. The third-order valence-corrected chi connectivity index (χ3v) is 2.47. The van der Waals surface area contributed by atoms with E-state index in [-0.39, 0.29) is 6.61 Å². The third kappa shape index (κ3) is 2.56. The van der Waals surface area contributed by atoms with Gasteiger partial charge >= 0.3 is 0 Å². The second-order valence-corrected chi connectivity index (χ2v) is 3.64. The van der Waals surface area contributed by atoms with Gasteiger partial charge in [-0.15, -0.1) is 0 Å². The first kappa shape index (κ1) is 11.2.